The Morgan fingerprint density at radius 3 is 2.55 bits per heavy atom. The van der Waals surface area contributed by atoms with Crippen LogP contribution >= 0.6 is 11.3 Å². The van der Waals surface area contributed by atoms with Gasteiger partial charge in [-0.05, 0) is 93.8 Å². The number of aromatic nitrogens is 2. The van der Waals surface area contributed by atoms with Crippen molar-refractivity contribution >= 4 is 40.3 Å². The monoisotopic (exact) mass is 684 g/mol. The average molecular weight is 685 g/mol. The van der Waals surface area contributed by atoms with E-state index < -0.39 is 6.04 Å². The van der Waals surface area contributed by atoms with Crippen LogP contribution in [0.3, 0.4) is 0 Å². The van der Waals surface area contributed by atoms with Crippen LogP contribution in [0.4, 0.5) is 17.2 Å². The number of methoxy groups -OCH3 is 1. The van der Waals surface area contributed by atoms with Crippen molar-refractivity contribution in [1.82, 2.24) is 19.8 Å². The Morgan fingerprint density at radius 2 is 1.86 bits per heavy atom. The van der Waals surface area contributed by atoms with E-state index in [1.54, 1.807) is 43.6 Å². The molecule has 4 aromatic rings. The van der Waals surface area contributed by atoms with Crippen molar-refractivity contribution in [3.05, 3.63) is 91.5 Å². The summed E-state index contributed by atoms with van der Waals surface area (Å²) in [4.78, 5) is 48.4. The van der Waals surface area contributed by atoms with E-state index in [2.05, 4.69) is 36.7 Å². The minimum absolute atomic E-state index is 0.0502. The maximum absolute atomic E-state index is 13.5. The van der Waals surface area contributed by atoms with Crippen molar-refractivity contribution in [2.45, 2.75) is 71.4 Å². The van der Waals surface area contributed by atoms with Crippen molar-refractivity contribution in [3.8, 4) is 11.3 Å². The van der Waals surface area contributed by atoms with Gasteiger partial charge in [-0.2, -0.15) is 0 Å². The van der Waals surface area contributed by atoms with Crippen molar-refractivity contribution in [2.75, 3.05) is 37.9 Å². The second-order valence-electron chi connectivity index (χ2n) is 13.4. The highest BCUT2D eigenvalue weighted by Crippen LogP contribution is 2.32. The summed E-state index contributed by atoms with van der Waals surface area (Å²) in [5.41, 5.74) is 5.18. The first-order chi connectivity index (χ1) is 23.4. The van der Waals surface area contributed by atoms with E-state index in [-0.39, 0.29) is 28.7 Å². The van der Waals surface area contributed by atoms with Gasteiger partial charge in [0.1, 0.15) is 6.04 Å². The quantitative estimate of drug-likeness (QED) is 0.145. The summed E-state index contributed by atoms with van der Waals surface area (Å²) in [6.45, 7) is 9.12. The van der Waals surface area contributed by atoms with E-state index in [9.17, 15) is 14.4 Å². The molecule has 10 nitrogen and oxygen atoms in total. The molecule has 1 atom stereocenters. The maximum atomic E-state index is 13.5. The Balaban J connectivity index is 1.37. The second-order valence-corrected chi connectivity index (χ2v) is 14.5. The average Bonchev–Trinajstić information content (AvgIpc) is 3.54. The van der Waals surface area contributed by atoms with Gasteiger partial charge in [0.25, 0.3) is 11.5 Å². The first-order valence-electron chi connectivity index (χ1n) is 16.9. The van der Waals surface area contributed by atoms with Crippen molar-refractivity contribution < 1.29 is 14.3 Å². The number of carbonyl (C=O) groups is 2. The number of anilines is 3. The van der Waals surface area contributed by atoms with Gasteiger partial charge >= 0.3 is 0 Å². The second kappa shape index (κ2) is 15.5. The first kappa shape index (κ1) is 36.0. The number of thiophene rings is 1. The van der Waals surface area contributed by atoms with Crippen LogP contribution in [0.5, 0.6) is 0 Å². The summed E-state index contributed by atoms with van der Waals surface area (Å²) in [6.07, 6.45) is 6.97. The molecule has 0 radical (unpaired) electrons. The molecule has 0 spiro atoms. The van der Waals surface area contributed by atoms with Crippen LogP contribution < -0.4 is 21.5 Å². The highest BCUT2D eigenvalue weighted by Gasteiger charge is 2.29. The number of carbonyl (C=O) groups excluding carboxylic acids is 2. The number of benzene rings is 2. The third-order valence-electron chi connectivity index (χ3n) is 9.33. The predicted molar refractivity (Wildman–Crippen MR) is 198 cm³/mol. The van der Waals surface area contributed by atoms with Gasteiger partial charge in [0.2, 0.25) is 5.91 Å². The number of likely N-dealkylation sites (N-methyl/N-ethyl adjacent to an activating group) is 1. The molecule has 5 rings (SSSR count). The van der Waals surface area contributed by atoms with Gasteiger partial charge in [-0.25, -0.2) is 4.98 Å². The van der Waals surface area contributed by atoms with Gasteiger partial charge in [-0.15, -0.1) is 11.3 Å². The Morgan fingerprint density at radius 1 is 1.12 bits per heavy atom. The molecular formula is C38H48N6O4S. The highest BCUT2D eigenvalue weighted by atomic mass is 32.1. The molecule has 0 saturated carbocycles. The lowest BCUT2D eigenvalue weighted by molar-refractivity contribution is -0.133. The summed E-state index contributed by atoms with van der Waals surface area (Å²) in [6, 6.07) is 14.7. The Labute approximate surface area is 292 Å². The third-order valence-corrected chi connectivity index (χ3v) is 10.6. The zero-order valence-corrected chi connectivity index (χ0v) is 30.4. The van der Waals surface area contributed by atoms with Crippen LogP contribution in [-0.2, 0) is 29.4 Å². The third kappa shape index (κ3) is 8.46. The van der Waals surface area contributed by atoms with E-state index in [0.29, 0.717) is 30.2 Å². The Kier molecular flexibility index (Phi) is 11.4. The Hall–Kier alpha value is -4.32. The van der Waals surface area contributed by atoms with E-state index >= 15 is 0 Å². The van der Waals surface area contributed by atoms with E-state index in [1.807, 2.05) is 55.5 Å². The lowest BCUT2D eigenvalue weighted by atomic mass is 9.96. The van der Waals surface area contributed by atoms with E-state index in [1.165, 1.54) is 27.8 Å². The summed E-state index contributed by atoms with van der Waals surface area (Å²) < 4.78 is 6.68. The molecular weight excluding hydrogens is 637 g/mol. The minimum atomic E-state index is -0.555. The molecule has 2 heterocycles. The molecule has 49 heavy (non-hydrogen) atoms. The van der Waals surface area contributed by atoms with Crippen LogP contribution in [0, 0.1) is 6.92 Å². The zero-order valence-electron chi connectivity index (χ0n) is 29.6. The lowest BCUT2D eigenvalue weighted by Crippen LogP contribution is -2.48. The molecule has 1 aliphatic rings. The number of hydrogen-bond donors (Lipinski definition) is 3. The van der Waals surface area contributed by atoms with Crippen LogP contribution in [0.1, 0.15) is 77.3 Å². The van der Waals surface area contributed by atoms with E-state index in [0.717, 1.165) is 40.8 Å². The largest absolute Gasteiger partial charge is 0.383 e. The maximum Gasteiger partial charge on any atom is 0.293 e. The van der Waals surface area contributed by atoms with Gasteiger partial charge in [-0.1, -0.05) is 31.2 Å². The molecule has 260 valence electrons. The van der Waals surface area contributed by atoms with Crippen LogP contribution in [0.15, 0.2) is 59.5 Å². The van der Waals surface area contributed by atoms with Gasteiger partial charge in [0.05, 0.1) is 17.2 Å². The van der Waals surface area contributed by atoms with Gasteiger partial charge in [-0.3, -0.25) is 19.7 Å². The molecule has 2 aromatic heterocycles. The fourth-order valence-electron chi connectivity index (χ4n) is 5.89. The smallest absolute Gasteiger partial charge is 0.293 e. The van der Waals surface area contributed by atoms with Gasteiger partial charge < -0.3 is 24.8 Å². The number of hydrogen-bond acceptors (Lipinski definition) is 8. The molecule has 11 heteroatoms. The van der Waals surface area contributed by atoms with Crippen LogP contribution in [-0.4, -0.2) is 59.1 Å². The molecule has 0 saturated heterocycles. The minimum Gasteiger partial charge on any atom is -0.383 e. The Bertz CT molecular complexity index is 1840. The molecule has 1 aliphatic carbocycles. The molecule has 2 amide bonds. The molecule has 2 aromatic carbocycles. The number of fused-ring (bicyclic) bond motifs is 1. The number of rotatable bonds is 13. The molecule has 1 unspecified atom stereocenters. The predicted octanol–water partition coefficient (Wildman–Crippen LogP) is 6.62. The number of nitrogens with zero attached hydrogens (tertiary/aromatic N) is 3. The number of nitrogens with one attached hydrogen (secondary N) is 3. The lowest BCUT2D eigenvalue weighted by Gasteiger charge is -2.33. The number of amides is 2. The SMILES string of the molecule is CCC(C)(C)NC(C(=O)N(C)CCOC)c1ccc(Nc2nc(-c3cccc(NC(=O)c4cc5c(s4)CCCC5)c3C)cn(C)c2=O)cc1. The first-order valence-corrected chi connectivity index (χ1v) is 17.7. The highest BCUT2D eigenvalue weighted by molar-refractivity contribution is 7.14. The molecule has 0 aliphatic heterocycles. The fourth-order valence-corrected chi connectivity index (χ4v) is 7.04. The van der Waals surface area contributed by atoms with Crippen LogP contribution in [0.2, 0.25) is 0 Å². The zero-order chi connectivity index (χ0) is 35.3. The molecule has 0 bridgehead atoms. The fraction of sp³-hybridized carbons (Fsp3) is 0.421. The van der Waals surface area contributed by atoms with E-state index in [4.69, 9.17) is 9.72 Å². The topological polar surface area (TPSA) is 118 Å². The summed E-state index contributed by atoms with van der Waals surface area (Å²) in [5, 5.41) is 9.83. The molecule has 3 N–H and O–H groups in total. The van der Waals surface area contributed by atoms with Gasteiger partial charge in [0, 0.05) is 61.3 Å². The van der Waals surface area contributed by atoms with Crippen molar-refractivity contribution in [3.63, 3.8) is 0 Å². The van der Waals surface area contributed by atoms with Crippen LogP contribution in [0.25, 0.3) is 11.3 Å². The van der Waals surface area contributed by atoms with Crippen molar-refractivity contribution in [2.24, 2.45) is 7.05 Å². The summed E-state index contributed by atoms with van der Waals surface area (Å²) in [7, 11) is 5.09. The molecule has 0 fully saturated rings. The number of aryl methyl sites for hydroxylation is 3. The van der Waals surface area contributed by atoms with Crippen molar-refractivity contribution in [1.29, 1.82) is 0 Å². The summed E-state index contributed by atoms with van der Waals surface area (Å²) >= 11 is 1.59. The standard InChI is InChI=1S/C38H48N6O4S/c1-8-38(3,4)42-33(36(46)43(5)20-21-48-7)25-16-18-27(19-17-25)39-34-37(47)44(6)23-30(40-34)28-13-11-14-29(24(28)2)41-35(45)32-22-26-12-9-10-15-31(26)49-32/h11,13-14,16-19,22-23,33,42H,8-10,12,15,20-21H2,1-7H3,(H,39,40)(H,41,45). The van der Waals surface area contributed by atoms with Gasteiger partial charge in [0.15, 0.2) is 5.82 Å². The normalized spacial score (nSPS) is 13.4. The summed E-state index contributed by atoms with van der Waals surface area (Å²) in [5.74, 6) is 0.00614. The number of ether oxygens (including phenoxy) is 1.